The third-order valence-electron chi connectivity index (χ3n) is 4.86. The van der Waals surface area contributed by atoms with E-state index in [0.717, 1.165) is 43.7 Å². The second kappa shape index (κ2) is 9.93. The topological polar surface area (TPSA) is 58.6 Å². The number of carbonyl (C=O) groups is 2. The molecule has 0 atom stereocenters. The van der Waals surface area contributed by atoms with Gasteiger partial charge in [-0.3, -0.25) is 9.59 Å². The molecule has 0 unspecified atom stereocenters. The van der Waals surface area contributed by atoms with Gasteiger partial charge >= 0.3 is 0 Å². The van der Waals surface area contributed by atoms with Crippen molar-refractivity contribution < 1.29 is 14.3 Å². The van der Waals surface area contributed by atoms with E-state index in [1.165, 1.54) is 5.56 Å². The molecule has 3 rings (SSSR count). The van der Waals surface area contributed by atoms with Gasteiger partial charge < -0.3 is 15.0 Å². The van der Waals surface area contributed by atoms with Crippen molar-refractivity contribution in [3.8, 4) is 5.75 Å². The quantitative estimate of drug-likeness (QED) is 0.670. The lowest BCUT2D eigenvalue weighted by Crippen LogP contribution is -2.26. The van der Waals surface area contributed by atoms with Crippen LogP contribution in [0.4, 0.5) is 5.69 Å². The molecule has 0 saturated carbocycles. The van der Waals surface area contributed by atoms with Gasteiger partial charge in [0.1, 0.15) is 5.75 Å². The number of anilines is 1. The lowest BCUT2D eigenvalue weighted by molar-refractivity contribution is -0.117. The van der Waals surface area contributed by atoms with Crippen molar-refractivity contribution in [1.82, 2.24) is 5.32 Å². The number of carbonyl (C=O) groups excluding carboxylic acids is 2. The number of rotatable bonds is 9. The normalized spacial score (nSPS) is 13.6. The summed E-state index contributed by atoms with van der Waals surface area (Å²) in [7, 11) is 0. The molecule has 1 N–H and O–H groups in total. The van der Waals surface area contributed by atoms with Gasteiger partial charge in [0, 0.05) is 30.8 Å². The summed E-state index contributed by atoms with van der Waals surface area (Å²) >= 11 is 0. The Bertz CT molecular complexity index is 802. The Morgan fingerprint density at radius 2 is 1.93 bits per heavy atom. The maximum absolute atomic E-state index is 12.3. The Morgan fingerprint density at radius 1 is 1.14 bits per heavy atom. The van der Waals surface area contributed by atoms with E-state index >= 15 is 0 Å². The van der Waals surface area contributed by atoms with E-state index in [2.05, 4.69) is 18.3 Å². The summed E-state index contributed by atoms with van der Waals surface area (Å²) in [6.45, 7) is 4.17. The van der Waals surface area contributed by atoms with E-state index in [1.807, 2.05) is 30.3 Å². The van der Waals surface area contributed by atoms with Crippen molar-refractivity contribution in [2.24, 2.45) is 0 Å². The summed E-state index contributed by atoms with van der Waals surface area (Å²) < 4.78 is 5.78. The molecule has 2 aromatic rings. The van der Waals surface area contributed by atoms with Gasteiger partial charge in [-0.2, -0.15) is 0 Å². The van der Waals surface area contributed by atoms with Crippen molar-refractivity contribution in [3.05, 3.63) is 59.7 Å². The van der Waals surface area contributed by atoms with Crippen LogP contribution in [0.1, 0.15) is 48.5 Å². The molecule has 1 aliphatic heterocycles. The number of aryl methyl sites for hydroxylation is 1. The molecule has 0 bridgehead atoms. The van der Waals surface area contributed by atoms with Crippen LogP contribution in [-0.4, -0.2) is 31.5 Å². The molecular weight excluding hydrogens is 352 g/mol. The average molecular weight is 380 g/mol. The van der Waals surface area contributed by atoms with Crippen molar-refractivity contribution >= 4 is 17.5 Å². The number of amides is 2. The van der Waals surface area contributed by atoms with Crippen LogP contribution in [0.5, 0.6) is 5.75 Å². The van der Waals surface area contributed by atoms with Crippen LogP contribution in [0, 0.1) is 0 Å². The number of nitrogens with one attached hydrogen (secondary N) is 1. The van der Waals surface area contributed by atoms with E-state index in [0.29, 0.717) is 25.1 Å². The van der Waals surface area contributed by atoms with E-state index in [4.69, 9.17) is 4.74 Å². The number of ether oxygens (including phenoxy) is 1. The summed E-state index contributed by atoms with van der Waals surface area (Å²) in [5, 5.41) is 2.97. The van der Waals surface area contributed by atoms with Crippen LogP contribution >= 0.6 is 0 Å². The molecule has 1 heterocycles. The largest absolute Gasteiger partial charge is 0.493 e. The fourth-order valence-electron chi connectivity index (χ4n) is 3.36. The standard InChI is InChI=1S/C23H28N2O3/c1-2-17-28-21-9-4-3-7-18(21)8-5-15-24-23(27)19-11-13-20(14-12-19)25-16-6-10-22(25)26/h3-4,7,9,11-14H,2,5-6,8,10,15-17H2,1H3,(H,24,27). The minimum absolute atomic E-state index is 0.0881. The molecule has 0 aromatic heterocycles. The van der Waals surface area contributed by atoms with Gasteiger partial charge in [-0.15, -0.1) is 0 Å². The zero-order chi connectivity index (χ0) is 19.8. The first kappa shape index (κ1) is 19.9. The van der Waals surface area contributed by atoms with Crippen molar-refractivity contribution in [2.75, 3.05) is 24.6 Å². The van der Waals surface area contributed by atoms with Crippen LogP contribution in [0.15, 0.2) is 48.5 Å². The number of nitrogens with zero attached hydrogens (tertiary/aromatic N) is 1. The zero-order valence-corrected chi connectivity index (χ0v) is 16.4. The monoisotopic (exact) mass is 380 g/mol. The minimum Gasteiger partial charge on any atom is -0.493 e. The summed E-state index contributed by atoms with van der Waals surface area (Å²) in [6.07, 6.45) is 4.19. The third-order valence-corrected chi connectivity index (χ3v) is 4.86. The molecule has 1 fully saturated rings. The Balaban J connectivity index is 1.46. The van der Waals surface area contributed by atoms with Gasteiger partial charge in [0.15, 0.2) is 0 Å². The van der Waals surface area contributed by atoms with Crippen molar-refractivity contribution in [2.45, 2.75) is 39.0 Å². The maximum atomic E-state index is 12.3. The van der Waals surface area contributed by atoms with Gasteiger partial charge in [0.05, 0.1) is 6.61 Å². The predicted octanol–water partition coefficient (Wildman–Crippen LogP) is 3.96. The molecule has 2 amide bonds. The molecule has 5 nitrogen and oxygen atoms in total. The fourth-order valence-corrected chi connectivity index (χ4v) is 3.36. The second-order valence-electron chi connectivity index (χ2n) is 7.01. The Hall–Kier alpha value is -2.82. The molecule has 1 aliphatic rings. The third kappa shape index (κ3) is 5.12. The molecule has 0 radical (unpaired) electrons. The molecule has 28 heavy (non-hydrogen) atoms. The highest BCUT2D eigenvalue weighted by molar-refractivity contribution is 5.97. The van der Waals surface area contributed by atoms with Crippen LogP contribution in [-0.2, 0) is 11.2 Å². The molecule has 1 saturated heterocycles. The molecule has 0 aliphatic carbocycles. The van der Waals surface area contributed by atoms with Crippen LogP contribution < -0.4 is 15.0 Å². The first-order chi connectivity index (χ1) is 13.7. The van der Waals surface area contributed by atoms with Gasteiger partial charge in [0.2, 0.25) is 5.91 Å². The predicted molar refractivity (Wildman–Crippen MR) is 111 cm³/mol. The van der Waals surface area contributed by atoms with Crippen LogP contribution in [0.25, 0.3) is 0 Å². The van der Waals surface area contributed by atoms with E-state index in [9.17, 15) is 9.59 Å². The Labute approximate surface area is 166 Å². The van der Waals surface area contributed by atoms with Crippen LogP contribution in [0.3, 0.4) is 0 Å². The second-order valence-corrected chi connectivity index (χ2v) is 7.01. The highest BCUT2D eigenvalue weighted by Gasteiger charge is 2.21. The van der Waals surface area contributed by atoms with Gasteiger partial charge in [-0.1, -0.05) is 25.1 Å². The Morgan fingerprint density at radius 3 is 2.64 bits per heavy atom. The molecule has 148 valence electrons. The lowest BCUT2D eigenvalue weighted by Gasteiger charge is -2.15. The molecule has 0 spiro atoms. The highest BCUT2D eigenvalue weighted by atomic mass is 16.5. The first-order valence-corrected chi connectivity index (χ1v) is 10.1. The van der Waals surface area contributed by atoms with Gasteiger partial charge in [0.25, 0.3) is 5.91 Å². The van der Waals surface area contributed by atoms with Crippen molar-refractivity contribution in [1.29, 1.82) is 0 Å². The van der Waals surface area contributed by atoms with Crippen LogP contribution in [0.2, 0.25) is 0 Å². The van der Waals surface area contributed by atoms with Gasteiger partial charge in [-0.05, 0) is 61.6 Å². The molecular formula is C23H28N2O3. The minimum atomic E-state index is -0.0881. The first-order valence-electron chi connectivity index (χ1n) is 10.1. The maximum Gasteiger partial charge on any atom is 0.251 e. The Kier molecular flexibility index (Phi) is 7.06. The number of para-hydroxylation sites is 1. The smallest absolute Gasteiger partial charge is 0.251 e. The summed E-state index contributed by atoms with van der Waals surface area (Å²) in [5.74, 6) is 0.998. The number of benzene rings is 2. The lowest BCUT2D eigenvalue weighted by atomic mass is 10.1. The fraction of sp³-hybridized carbons (Fsp3) is 0.391. The summed E-state index contributed by atoms with van der Waals surface area (Å²) in [6, 6.07) is 15.3. The van der Waals surface area contributed by atoms with E-state index in [1.54, 1.807) is 17.0 Å². The van der Waals surface area contributed by atoms with E-state index in [-0.39, 0.29) is 11.8 Å². The zero-order valence-electron chi connectivity index (χ0n) is 16.4. The number of hydrogen-bond acceptors (Lipinski definition) is 3. The highest BCUT2D eigenvalue weighted by Crippen LogP contribution is 2.22. The average Bonchev–Trinajstić information content (AvgIpc) is 3.16. The van der Waals surface area contributed by atoms with E-state index < -0.39 is 0 Å². The molecule has 2 aromatic carbocycles. The molecule has 5 heteroatoms. The summed E-state index contributed by atoms with van der Waals surface area (Å²) in [5.41, 5.74) is 2.65. The SMILES string of the molecule is CCCOc1ccccc1CCCNC(=O)c1ccc(N2CCCC2=O)cc1. The van der Waals surface area contributed by atoms with Gasteiger partial charge in [-0.25, -0.2) is 0 Å². The number of hydrogen-bond donors (Lipinski definition) is 1. The summed E-state index contributed by atoms with van der Waals surface area (Å²) in [4.78, 5) is 25.9. The van der Waals surface area contributed by atoms with Crippen molar-refractivity contribution in [3.63, 3.8) is 0 Å².